The van der Waals surface area contributed by atoms with Gasteiger partial charge in [-0.05, 0) is 39.3 Å². The van der Waals surface area contributed by atoms with Crippen molar-refractivity contribution in [3.8, 4) is 5.75 Å². The number of halogens is 3. The number of allylic oxidation sites excluding steroid dienone is 4. The fraction of sp³-hybridized carbons (Fsp3) is 0.375. The third-order valence-corrected chi connectivity index (χ3v) is 2.81. The van der Waals surface area contributed by atoms with Crippen LogP contribution in [0.3, 0.4) is 0 Å². The van der Waals surface area contributed by atoms with E-state index in [2.05, 4.69) is 4.98 Å². The van der Waals surface area contributed by atoms with Crippen LogP contribution < -0.4 is 4.74 Å². The van der Waals surface area contributed by atoms with Crippen molar-refractivity contribution in [3.05, 3.63) is 40.7 Å². The van der Waals surface area contributed by atoms with Crippen molar-refractivity contribution < 1.29 is 17.9 Å². The quantitative estimate of drug-likeness (QED) is 0.621. The van der Waals surface area contributed by atoms with E-state index in [0.717, 1.165) is 17.9 Å². The molecule has 0 saturated heterocycles. The van der Waals surface area contributed by atoms with E-state index >= 15 is 0 Å². The predicted octanol–water partition coefficient (Wildman–Crippen LogP) is 4.89. The summed E-state index contributed by atoms with van der Waals surface area (Å²) >= 11 is 0. The fourth-order valence-electron chi connectivity index (χ4n) is 1.86. The van der Waals surface area contributed by atoms with Gasteiger partial charge in [-0.15, -0.1) is 0 Å². The molecule has 0 aromatic carbocycles. The summed E-state index contributed by atoms with van der Waals surface area (Å²) in [5.74, 6) is 0.0719. The first-order valence-corrected chi connectivity index (χ1v) is 6.77. The molecule has 3 nitrogen and oxygen atoms in total. The standard InChI is InChI=1S/C16H19F3N2O/c1-5-22-12-7-14(16(17,18)19)15(21-9-12)13(6-10(2)3)11(4)8-20/h6-9,20H,5H2,1-4H3/b13-11-,20-8?. The van der Waals surface area contributed by atoms with Gasteiger partial charge in [0.2, 0.25) is 0 Å². The summed E-state index contributed by atoms with van der Waals surface area (Å²) in [5, 5.41) is 7.32. The van der Waals surface area contributed by atoms with E-state index in [1.165, 1.54) is 6.20 Å². The van der Waals surface area contributed by atoms with E-state index in [1.807, 2.05) is 0 Å². The smallest absolute Gasteiger partial charge is 0.418 e. The van der Waals surface area contributed by atoms with Crippen molar-refractivity contribution in [1.82, 2.24) is 4.98 Å². The van der Waals surface area contributed by atoms with Crippen LogP contribution in [0.4, 0.5) is 13.2 Å². The van der Waals surface area contributed by atoms with Crippen LogP contribution in [0.15, 0.2) is 29.5 Å². The van der Waals surface area contributed by atoms with E-state index in [0.29, 0.717) is 5.57 Å². The molecule has 0 radical (unpaired) electrons. The summed E-state index contributed by atoms with van der Waals surface area (Å²) in [6.45, 7) is 7.08. The van der Waals surface area contributed by atoms with Crippen LogP contribution >= 0.6 is 0 Å². The van der Waals surface area contributed by atoms with E-state index in [9.17, 15) is 13.2 Å². The Morgan fingerprint density at radius 3 is 2.41 bits per heavy atom. The molecule has 0 saturated carbocycles. The highest BCUT2D eigenvalue weighted by Crippen LogP contribution is 2.37. The van der Waals surface area contributed by atoms with Gasteiger partial charge in [-0.2, -0.15) is 13.2 Å². The summed E-state index contributed by atoms with van der Waals surface area (Å²) in [5.41, 5.74) is 0.444. The molecule has 0 aliphatic carbocycles. The van der Waals surface area contributed by atoms with Gasteiger partial charge in [-0.3, -0.25) is 4.98 Å². The first-order chi connectivity index (χ1) is 10.2. The van der Waals surface area contributed by atoms with Crippen molar-refractivity contribution in [2.45, 2.75) is 33.9 Å². The minimum absolute atomic E-state index is 0.0719. The van der Waals surface area contributed by atoms with E-state index in [4.69, 9.17) is 10.1 Å². The van der Waals surface area contributed by atoms with Gasteiger partial charge in [0.25, 0.3) is 0 Å². The van der Waals surface area contributed by atoms with E-state index < -0.39 is 11.7 Å². The topological polar surface area (TPSA) is 46.0 Å². The number of nitrogens with zero attached hydrogens (tertiary/aromatic N) is 1. The highest BCUT2D eigenvalue weighted by Gasteiger charge is 2.35. The summed E-state index contributed by atoms with van der Waals surface area (Å²) in [6, 6.07) is 0.946. The van der Waals surface area contributed by atoms with Crippen LogP contribution in [0.2, 0.25) is 0 Å². The number of aromatic nitrogens is 1. The Labute approximate surface area is 128 Å². The van der Waals surface area contributed by atoms with Crippen LogP contribution in [0.25, 0.3) is 5.57 Å². The SMILES string of the molecule is CCOc1cnc(/C(C=C(C)C)=C(/C)C=N)c(C(F)(F)F)c1. The minimum atomic E-state index is -4.56. The average molecular weight is 312 g/mol. The molecule has 0 spiro atoms. The van der Waals surface area contributed by atoms with Gasteiger partial charge >= 0.3 is 6.18 Å². The Morgan fingerprint density at radius 1 is 1.32 bits per heavy atom. The molecule has 1 heterocycles. The van der Waals surface area contributed by atoms with E-state index in [-0.39, 0.29) is 23.6 Å². The maximum atomic E-state index is 13.3. The summed E-state index contributed by atoms with van der Waals surface area (Å²) < 4.78 is 45.1. The van der Waals surface area contributed by atoms with Crippen LogP contribution in [0, 0.1) is 5.41 Å². The molecular formula is C16H19F3N2O. The number of hydrogen-bond acceptors (Lipinski definition) is 3. The summed E-state index contributed by atoms with van der Waals surface area (Å²) in [6.07, 6.45) is -0.673. The Hall–Kier alpha value is -2.11. The largest absolute Gasteiger partial charge is 0.492 e. The second-order valence-corrected chi connectivity index (χ2v) is 4.96. The summed E-state index contributed by atoms with van der Waals surface area (Å²) in [7, 11) is 0. The van der Waals surface area contributed by atoms with Gasteiger partial charge < -0.3 is 10.1 Å². The molecule has 0 bridgehead atoms. The lowest BCUT2D eigenvalue weighted by atomic mass is 9.99. The number of alkyl halides is 3. The average Bonchev–Trinajstić information content (AvgIpc) is 2.43. The zero-order chi connectivity index (χ0) is 16.9. The Bertz CT molecular complexity index is 612. The predicted molar refractivity (Wildman–Crippen MR) is 81.2 cm³/mol. The summed E-state index contributed by atoms with van der Waals surface area (Å²) in [4.78, 5) is 3.94. The molecule has 1 aromatic heterocycles. The van der Waals surface area contributed by atoms with Gasteiger partial charge in [-0.1, -0.05) is 11.6 Å². The van der Waals surface area contributed by atoms with E-state index in [1.54, 1.807) is 33.8 Å². The number of nitrogens with one attached hydrogen (secondary N) is 1. The van der Waals surface area contributed by atoms with Crippen molar-refractivity contribution >= 4 is 11.8 Å². The minimum Gasteiger partial charge on any atom is -0.492 e. The number of hydrogen-bond donors (Lipinski definition) is 1. The Balaban J connectivity index is 3.63. The van der Waals surface area contributed by atoms with Crippen molar-refractivity contribution in [2.75, 3.05) is 6.61 Å². The zero-order valence-electron chi connectivity index (χ0n) is 13.0. The molecule has 0 aliphatic heterocycles. The molecular weight excluding hydrogens is 293 g/mol. The molecule has 0 amide bonds. The second-order valence-electron chi connectivity index (χ2n) is 4.96. The fourth-order valence-corrected chi connectivity index (χ4v) is 1.86. The molecule has 1 rings (SSSR count). The second kappa shape index (κ2) is 7.24. The van der Waals surface area contributed by atoms with Gasteiger partial charge in [0.05, 0.1) is 24.1 Å². The highest BCUT2D eigenvalue weighted by atomic mass is 19.4. The van der Waals surface area contributed by atoms with Crippen LogP contribution in [0.5, 0.6) is 5.75 Å². The lowest BCUT2D eigenvalue weighted by molar-refractivity contribution is -0.138. The van der Waals surface area contributed by atoms with Gasteiger partial charge in [0.1, 0.15) is 5.75 Å². The van der Waals surface area contributed by atoms with Crippen LogP contribution in [-0.4, -0.2) is 17.8 Å². The third-order valence-electron chi connectivity index (χ3n) is 2.81. The van der Waals surface area contributed by atoms with Crippen molar-refractivity contribution in [1.29, 1.82) is 5.41 Å². The molecule has 0 atom stereocenters. The maximum absolute atomic E-state index is 13.3. The maximum Gasteiger partial charge on any atom is 0.418 e. The molecule has 6 heteroatoms. The molecule has 1 N–H and O–H groups in total. The molecule has 22 heavy (non-hydrogen) atoms. The molecule has 0 aliphatic rings. The number of ether oxygens (including phenoxy) is 1. The molecule has 120 valence electrons. The van der Waals surface area contributed by atoms with Crippen molar-refractivity contribution in [3.63, 3.8) is 0 Å². The lowest BCUT2D eigenvalue weighted by Crippen LogP contribution is -2.11. The monoisotopic (exact) mass is 312 g/mol. The zero-order valence-corrected chi connectivity index (χ0v) is 13.0. The van der Waals surface area contributed by atoms with Gasteiger partial charge in [-0.25, -0.2) is 0 Å². The van der Waals surface area contributed by atoms with Crippen molar-refractivity contribution in [2.24, 2.45) is 0 Å². The lowest BCUT2D eigenvalue weighted by Gasteiger charge is -2.16. The third kappa shape index (κ3) is 4.44. The first kappa shape index (κ1) is 17.9. The van der Waals surface area contributed by atoms with Gasteiger partial charge in [0, 0.05) is 11.8 Å². The highest BCUT2D eigenvalue weighted by molar-refractivity contribution is 5.92. The first-order valence-electron chi connectivity index (χ1n) is 6.77. The Morgan fingerprint density at radius 2 is 1.95 bits per heavy atom. The van der Waals surface area contributed by atoms with Crippen LogP contribution in [0.1, 0.15) is 39.0 Å². The number of pyridine rings is 1. The normalized spacial score (nSPS) is 12.5. The Kier molecular flexibility index (Phi) is 5.91. The number of rotatable bonds is 5. The molecule has 0 unspecified atom stereocenters. The molecule has 1 aromatic rings. The molecule has 0 fully saturated rings. The van der Waals surface area contributed by atoms with Crippen LogP contribution in [-0.2, 0) is 6.18 Å². The van der Waals surface area contributed by atoms with Gasteiger partial charge in [0.15, 0.2) is 0 Å².